The van der Waals surface area contributed by atoms with Crippen molar-refractivity contribution in [2.75, 3.05) is 13.7 Å². The second-order valence-electron chi connectivity index (χ2n) is 5.34. The lowest BCUT2D eigenvalue weighted by Crippen LogP contribution is -2.26. The Morgan fingerprint density at radius 1 is 1.35 bits per heavy atom. The Hall–Kier alpha value is -1.88. The Kier molecular flexibility index (Phi) is 5.77. The van der Waals surface area contributed by atoms with E-state index in [0.29, 0.717) is 23.4 Å². The first-order valence-electron chi connectivity index (χ1n) is 7.58. The van der Waals surface area contributed by atoms with Crippen molar-refractivity contribution in [3.8, 4) is 0 Å². The molecule has 0 saturated carbocycles. The summed E-state index contributed by atoms with van der Waals surface area (Å²) in [6, 6.07) is 7.58. The van der Waals surface area contributed by atoms with Crippen LogP contribution in [0.15, 0.2) is 45.6 Å². The number of nitrogens with zero attached hydrogens (tertiary/aromatic N) is 1. The summed E-state index contributed by atoms with van der Waals surface area (Å²) in [4.78, 5) is 26.6. The molecule has 0 unspecified atom stereocenters. The number of halogens is 1. The quantitative estimate of drug-likeness (QED) is 0.576. The fourth-order valence-electron chi connectivity index (χ4n) is 2.56. The normalized spacial score (nSPS) is 16.4. The smallest absolute Gasteiger partial charge is 0.340 e. The summed E-state index contributed by atoms with van der Waals surface area (Å²) in [5.41, 5.74) is 2.25. The standard InChI is InChI=1S/C18H20BrNO3/c1-4-5-10-20-12(2)16(18(22)23-3)14(17(20)21)11-13-8-6-7-9-15(13)19/h6-9,11H,4-5,10H2,1-3H3/b14-11-. The summed E-state index contributed by atoms with van der Waals surface area (Å²) in [6.07, 6.45) is 3.61. The fraction of sp³-hybridized carbons (Fsp3) is 0.333. The van der Waals surface area contributed by atoms with Crippen molar-refractivity contribution in [3.05, 3.63) is 51.1 Å². The number of unbranched alkanes of at least 4 members (excludes halogenated alkanes) is 1. The van der Waals surface area contributed by atoms with Gasteiger partial charge in [0.1, 0.15) is 0 Å². The molecule has 0 bridgehead atoms. The summed E-state index contributed by atoms with van der Waals surface area (Å²) < 4.78 is 5.75. The third-order valence-electron chi connectivity index (χ3n) is 3.84. The molecular weight excluding hydrogens is 358 g/mol. The van der Waals surface area contributed by atoms with E-state index in [4.69, 9.17) is 4.74 Å². The van der Waals surface area contributed by atoms with Gasteiger partial charge < -0.3 is 9.64 Å². The highest BCUT2D eigenvalue weighted by Gasteiger charge is 2.36. The van der Waals surface area contributed by atoms with Crippen LogP contribution >= 0.6 is 15.9 Å². The third kappa shape index (κ3) is 3.55. The van der Waals surface area contributed by atoms with Gasteiger partial charge in [-0.1, -0.05) is 47.5 Å². The summed E-state index contributed by atoms with van der Waals surface area (Å²) in [7, 11) is 1.33. The van der Waals surface area contributed by atoms with Crippen molar-refractivity contribution in [2.45, 2.75) is 26.7 Å². The maximum Gasteiger partial charge on any atom is 0.340 e. The molecule has 23 heavy (non-hydrogen) atoms. The van der Waals surface area contributed by atoms with Crippen molar-refractivity contribution in [1.29, 1.82) is 0 Å². The number of methoxy groups -OCH3 is 1. The van der Waals surface area contributed by atoms with Crippen LogP contribution in [0, 0.1) is 0 Å². The number of amides is 1. The Balaban J connectivity index is 2.50. The van der Waals surface area contributed by atoms with Crippen molar-refractivity contribution in [3.63, 3.8) is 0 Å². The number of hydrogen-bond acceptors (Lipinski definition) is 3. The maximum absolute atomic E-state index is 12.8. The van der Waals surface area contributed by atoms with Crippen LogP contribution < -0.4 is 0 Å². The van der Waals surface area contributed by atoms with Crippen LogP contribution in [0.2, 0.25) is 0 Å². The highest BCUT2D eigenvalue weighted by molar-refractivity contribution is 9.10. The van der Waals surface area contributed by atoms with E-state index in [1.54, 1.807) is 17.9 Å². The molecule has 0 N–H and O–H groups in total. The van der Waals surface area contributed by atoms with Crippen molar-refractivity contribution in [1.82, 2.24) is 4.90 Å². The molecule has 1 aliphatic rings. The van der Waals surface area contributed by atoms with E-state index in [-0.39, 0.29) is 5.91 Å². The maximum atomic E-state index is 12.8. The summed E-state index contributed by atoms with van der Waals surface area (Å²) in [5.74, 6) is -0.625. The molecule has 1 heterocycles. The highest BCUT2D eigenvalue weighted by atomic mass is 79.9. The molecule has 0 fully saturated rings. The lowest BCUT2D eigenvalue weighted by atomic mass is 10.0. The minimum Gasteiger partial charge on any atom is -0.465 e. The largest absolute Gasteiger partial charge is 0.465 e. The molecule has 0 spiro atoms. The van der Waals surface area contributed by atoms with Gasteiger partial charge in [0.2, 0.25) is 0 Å². The van der Waals surface area contributed by atoms with Gasteiger partial charge in [0.25, 0.3) is 5.91 Å². The Morgan fingerprint density at radius 3 is 2.65 bits per heavy atom. The molecular formula is C18H20BrNO3. The van der Waals surface area contributed by atoms with Crippen LogP contribution in [-0.4, -0.2) is 30.4 Å². The molecule has 0 atom stereocenters. The molecule has 0 aromatic heterocycles. The van der Waals surface area contributed by atoms with Gasteiger partial charge in [0.05, 0.1) is 18.3 Å². The third-order valence-corrected chi connectivity index (χ3v) is 4.56. The number of benzene rings is 1. The molecule has 0 aliphatic carbocycles. The van der Waals surface area contributed by atoms with Gasteiger partial charge in [-0.15, -0.1) is 0 Å². The summed E-state index contributed by atoms with van der Waals surface area (Å²) >= 11 is 3.47. The number of ether oxygens (including phenoxy) is 1. The zero-order chi connectivity index (χ0) is 17.0. The summed E-state index contributed by atoms with van der Waals surface area (Å²) in [5, 5.41) is 0. The zero-order valence-electron chi connectivity index (χ0n) is 13.6. The minimum absolute atomic E-state index is 0.146. The second-order valence-corrected chi connectivity index (χ2v) is 6.20. The molecule has 122 valence electrons. The zero-order valence-corrected chi connectivity index (χ0v) is 15.1. The minimum atomic E-state index is -0.479. The van der Waals surface area contributed by atoms with E-state index in [1.165, 1.54) is 7.11 Å². The molecule has 1 aromatic carbocycles. The number of esters is 1. The number of hydrogen-bond donors (Lipinski definition) is 0. The average molecular weight is 378 g/mol. The molecule has 4 nitrogen and oxygen atoms in total. The Bertz CT molecular complexity index is 691. The summed E-state index contributed by atoms with van der Waals surface area (Å²) in [6.45, 7) is 4.47. The molecule has 0 radical (unpaired) electrons. The molecule has 1 aromatic rings. The van der Waals surface area contributed by atoms with Crippen LogP contribution in [-0.2, 0) is 14.3 Å². The number of carbonyl (C=O) groups is 2. The predicted molar refractivity (Wildman–Crippen MR) is 93.5 cm³/mol. The van der Waals surface area contributed by atoms with Gasteiger partial charge in [-0.3, -0.25) is 4.79 Å². The molecule has 1 aliphatic heterocycles. The average Bonchev–Trinajstić information content (AvgIpc) is 2.77. The van der Waals surface area contributed by atoms with E-state index in [2.05, 4.69) is 22.9 Å². The first kappa shape index (κ1) is 17.5. The van der Waals surface area contributed by atoms with E-state index in [0.717, 1.165) is 22.9 Å². The van der Waals surface area contributed by atoms with Gasteiger partial charge in [-0.05, 0) is 31.1 Å². The van der Waals surface area contributed by atoms with Crippen LogP contribution in [0.25, 0.3) is 6.08 Å². The van der Waals surface area contributed by atoms with Crippen molar-refractivity contribution in [2.24, 2.45) is 0 Å². The van der Waals surface area contributed by atoms with E-state index >= 15 is 0 Å². The van der Waals surface area contributed by atoms with Gasteiger partial charge in [0, 0.05) is 16.7 Å². The van der Waals surface area contributed by atoms with Gasteiger partial charge in [0.15, 0.2) is 0 Å². The lowest BCUT2D eigenvalue weighted by molar-refractivity contribution is -0.136. The second kappa shape index (κ2) is 7.59. The Morgan fingerprint density at radius 2 is 2.04 bits per heavy atom. The molecule has 1 amide bonds. The molecule has 2 rings (SSSR count). The highest BCUT2D eigenvalue weighted by Crippen LogP contribution is 2.32. The first-order chi connectivity index (χ1) is 11.0. The van der Waals surface area contributed by atoms with Crippen LogP contribution in [0.1, 0.15) is 32.3 Å². The number of allylic oxidation sites excluding steroid dienone is 1. The number of rotatable bonds is 5. The van der Waals surface area contributed by atoms with Crippen molar-refractivity contribution >= 4 is 33.9 Å². The monoisotopic (exact) mass is 377 g/mol. The van der Waals surface area contributed by atoms with E-state index in [1.807, 2.05) is 24.3 Å². The van der Waals surface area contributed by atoms with E-state index in [9.17, 15) is 9.59 Å². The van der Waals surface area contributed by atoms with E-state index < -0.39 is 5.97 Å². The topological polar surface area (TPSA) is 46.6 Å². The van der Waals surface area contributed by atoms with Gasteiger partial charge in [-0.2, -0.15) is 0 Å². The van der Waals surface area contributed by atoms with Gasteiger partial charge >= 0.3 is 5.97 Å². The van der Waals surface area contributed by atoms with Crippen LogP contribution in [0.3, 0.4) is 0 Å². The van der Waals surface area contributed by atoms with Crippen molar-refractivity contribution < 1.29 is 14.3 Å². The predicted octanol–water partition coefficient (Wildman–Crippen LogP) is 3.92. The first-order valence-corrected chi connectivity index (χ1v) is 8.38. The Labute approximate surface area is 144 Å². The SMILES string of the molecule is CCCCN1C(=O)/C(=C\c2ccccc2Br)C(C(=O)OC)=C1C. The lowest BCUT2D eigenvalue weighted by Gasteiger charge is -2.17. The molecule has 0 saturated heterocycles. The number of carbonyl (C=O) groups excluding carboxylic acids is 2. The van der Waals surface area contributed by atoms with Crippen LogP contribution in [0.4, 0.5) is 0 Å². The van der Waals surface area contributed by atoms with Gasteiger partial charge in [-0.25, -0.2) is 4.79 Å². The fourth-order valence-corrected chi connectivity index (χ4v) is 2.96. The molecule has 5 heteroatoms. The van der Waals surface area contributed by atoms with Crippen LogP contribution in [0.5, 0.6) is 0 Å².